The quantitative estimate of drug-likeness (QED) is 0.505. The van der Waals surface area contributed by atoms with E-state index in [2.05, 4.69) is 44.2 Å². The minimum Gasteiger partial charge on any atom is -0.350 e. The molecule has 0 bridgehead atoms. The molecule has 0 saturated carbocycles. The fraction of sp³-hybridized carbons (Fsp3) is 0.333. The van der Waals surface area contributed by atoms with E-state index in [9.17, 15) is 13.2 Å². The predicted octanol–water partition coefficient (Wildman–Crippen LogP) is 3.46. The molecule has 2 N–H and O–H groups in total. The number of anilines is 1. The van der Waals surface area contributed by atoms with Gasteiger partial charge in [0, 0.05) is 42.8 Å². The molecule has 5 rings (SSSR count). The van der Waals surface area contributed by atoms with Gasteiger partial charge in [0.05, 0.1) is 24.0 Å². The van der Waals surface area contributed by atoms with Crippen molar-refractivity contribution in [2.24, 2.45) is 0 Å². The average Bonchev–Trinajstić information content (AvgIpc) is 3.44. The fourth-order valence-electron chi connectivity index (χ4n) is 4.19. The third kappa shape index (κ3) is 3.58. The van der Waals surface area contributed by atoms with E-state index in [1.807, 2.05) is 12.3 Å². The van der Waals surface area contributed by atoms with Gasteiger partial charge in [0.1, 0.15) is 17.2 Å². The highest BCUT2D eigenvalue weighted by molar-refractivity contribution is 5.59. The van der Waals surface area contributed by atoms with Crippen molar-refractivity contribution in [1.29, 1.82) is 0 Å². The zero-order valence-corrected chi connectivity index (χ0v) is 17.4. The summed E-state index contributed by atoms with van der Waals surface area (Å²) in [7, 11) is 0. The molecule has 5 heterocycles. The Labute approximate surface area is 181 Å². The van der Waals surface area contributed by atoms with Crippen molar-refractivity contribution in [2.75, 3.05) is 11.4 Å². The Kier molecular flexibility index (Phi) is 4.85. The molecule has 4 aromatic heterocycles. The van der Waals surface area contributed by atoms with Crippen molar-refractivity contribution in [3.05, 3.63) is 60.3 Å². The first-order valence-corrected chi connectivity index (χ1v) is 10.2. The van der Waals surface area contributed by atoms with E-state index in [4.69, 9.17) is 4.98 Å². The van der Waals surface area contributed by atoms with Gasteiger partial charge in [-0.3, -0.25) is 9.50 Å². The molecule has 0 radical (unpaired) electrons. The normalized spacial score (nSPS) is 21.9. The summed E-state index contributed by atoms with van der Waals surface area (Å²) in [5.74, 6) is 1.01. The first-order chi connectivity index (χ1) is 15.3. The second-order valence-electron chi connectivity index (χ2n) is 8.00. The molecule has 8 nitrogen and oxygen atoms in total. The minimum absolute atomic E-state index is 0.0426. The summed E-state index contributed by atoms with van der Waals surface area (Å²) in [5.41, 5.74) is 1.08. The summed E-state index contributed by atoms with van der Waals surface area (Å²) in [4.78, 5) is 15.4. The van der Waals surface area contributed by atoms with Crippen molar-refractivity contribution >= 4 is 11.5 Å². The van der Waals surface area contributed by atoms with E-state index in [1.165, 1.54) is 16.7 Å². The van der Waals surface area contributed by atoms with E-state index in [-0.39, 0.29) is 18.1 Å². The lowest BCUT2D eigenvalue weighted by Crippen LogP contribution is -2.56. The zero-order chi connectivity index (χ0) is 22.5. The van der Waals surface area contributed by atoms with Gasteiger partial charge < -0.3 is 10.2 Å². The molecule has 166 valence electrons. The average molecular weight is 442 g/mol. The smallest absolute Gasteiger partial charge is 0.350 e. The Morgan fingerprint density at radius 1 is 1.09 bits per heavy atom. The van der Waals surface area contributed by atoms with Crippen LogP contribution in [0.4, 0.5) is 19.0 Å². The highest BCUT2D eigenvalue weighted by Gasteiger charge is 2.34. The van der Waals surface area contributed by atoms with Gasteiger partial charge >= 0.3 is 6.18 Å². The van der Waals surface area contributed by atoms with Crippen molar-refractivity contribution < 1.29 is 13.2 Å². The van der Waals surface area contributed by atoms with E-state index in [0.29, 0.717) is 23.0 Å². The number of aromatic amines is 1. The molecule has 1 aliphatic rings. The lowest BCUT2D eigenvalue weighted by Gasteiger charge is -2.43. The molecule has 32 heavy (non-hydrogen) atoms. The van der Waals surface area contributed by atoms with Crippen LogP contribution in [0.5, 0.6) is 0 Å². The van der Waals surface area contributed by atoms with E-state index < -0.39 is 11.7 Å². The second-order valence-corrected chi connectivity index (χ2v) is 8.00. The van der Waals surface area contributed by atoms with Gasteiger partial charge in [-0.1, -0.05) is 0 Å². The number of halogens is 3. The van der Waals surface area contributed by atoms with Crippen LogP contribution in [0.15, 0.2) is 49.2 Å². The lowest BCUT2D eigenvalue weighted by atomic mass is 9.97. The molecule has 0 aliphatic carbocycles. The van der Waals surface area contributed by atoms with E-state index >= 15 is 0 Å². The van der Waals surface area contributed by atoms with E-state index in [0.717, 1.165) is 24.4 Å². The van der Waals surface area contributed by atoms with Crippen molar-refractivity contribution in [1.82, 2.24) is 34.9 Å². The monoisotopic (exact) mass is 442 g/mol. The highest BCUT2D eigenvalue weighted by atomic mass is 19.4. The summed E-state index contributed by atoms with van der Waals surface area (Å²) >= 11 is 0. The summed E-state index contributed by atoms with van der Waals surface area (Å²) in [6, 6.07) is 4.46. The number of nitrogens with one attached hydrogen (secondary N) is 2. The molecule has 11 heteroatoms. The Morgan fingerprint density at radius 2 is 1.94 bits per heavy atom. The second kappa shape index (κ2) is 7.59. The SMILES string of the molecule is CC1CN(c2ccnc(-c3cnc4ccc(C(F)(F)F)cn34)n2)C(C)C(c2cn[nH]c2)N1. The summed E-state index contributed by atoms with van der Waals surface area (Å²) in [6.45, 7) is 4.91. The van der Waals surface area contributed by atoms with Crippen LogP contribution < -0.4 is 10.2 Å². The molecule has 4 aromatic rings. The fourth-order valence-corrected chi connectivity index (χ4v) is 4.19. The number of nitrogens with zero attached hydrogens (tertiary/aromatic N) is 6. The number of aromatic nitrogens is 6. The highest BCUT2D eigenvalue weighted by Crippen LogP contribution is 2.32. The number of fused-ring (bicyclic) bond motifs is 1. The van der Waals surface area contributed by atoms with Gasteiger partial charge in [-0.25, -0.2) is 15.0 Å². The Bertz CT molecular complexity index is 1230. The van der Waals surface area contributed by atoms with Gasteiger partial charge in [-0.15, -0.1) is 0 Å². The first kappa shape index (κ1) is 20.4. The van der Waals surface area contributed by atoms with Crippen LogP contribution in [0.3, 0.4) is 0 Å². The molecule has 1 fully saturated rings. The van der Waals surface area contributed by atoms with Crippen LogP contribution in [-0.2, 0) is 6.18 Å². The number of hydrogen-bond donors (Lipinski definition) is 2. The largest absolute Gasteiger partial charge is 0.417 e. The molecule has 0 amide bonds. The Morgan fingerprint density at radius 3 is 2.69 bits per heavy atom. The van der Waals surface area contributed by atoms with Gasteiger partial charge in [0.25, 0.3) is 0 Å². The maximum atomic E-state index is 13.2. The first-order valence-electron chi connectivity index (χ1n) is 10.2. The summed E-state index contributed by atoms with van der Waals surface area (Å²) < 4.78 is 41.0. The van der Waals surface area contributed by atoms with Gasteiger partial charge in [0.2, 0.25) is 0 Å². The number of hydrogen-bond acceptors (Lipinski definition) is 6. The van der Waals surface area contributed by atoms with Crippen LogP contribution in [-0.4, -0.2) is 48.2 Å². The van der Waals surface area contributed by atoms with Gasteiger partial charge in [-0.05, 0) is 32.0 Å². The number of piperazine rings is 1. The zero-order valence-electron chi connectivity index (χ0n) is 17.4. The molecule has 1 aliphatic heterocycles. The van der Waals surface area contributed by atoms with Crippen LogP contribution in [0.25, 0.3) is 17.2 Å². The lowest BCUT2D eigenvalue weighted by molar-refractivity contribution is -0.137. The van der Waals surface area contributed by atoms with Crippen molar-refractivity contribution in [3.63, 3.8) is 0 Å². The van der Waals surface area contributed by atoms with Crippen LogP contribution >= 0.6 is 0 Å². The number of pyridine rings is 1. The molecule has 0 aromatic carbocycles. The number of rotatable bonds is 3. The molecule has 1 saturated heterocycles. The number of imidazole rings is 1. The summed E-state index contributed by atoms with van der Waals surface area (Å²) in [5, 5.41) is 10.5. The molecular weight excluding hydrogens is 421 g/mol. The summed E-state index contributed by atoms with van der Waals surface area (Å²) in [6.07, 6.45) is 3.35. The topological polar surface area (TPSA) is 87.0 Å². The van der Waals surface area contributed by atoms with Crippen LogP contribution in [0, 0.1) is 0 Å². The maximum absolute atomic E-state index is 13.2. The molecule has 3 unspecified atom stereocenters. The van der Waals surface area contributed by atoms with Crippen LogP contribution in [0.2, 0.25) is 0 Å². The maximum Gasteiger partial charge on any atom is 0.417 e. The van der Waals surface area contributed by atoms with Crippen molar-refractivity contribution in [2.45, 2.75) is 38.1 Å². The minimum atomic E-state index is -4.45. The van der Waals surface area contributed by atoms with E-state index in [1.54, 1.807) is 12.4 Å². The van der Waals surface area contributed by atoms with Crippen LogP contribution in [0.1, 0.15) is 31.0 Å². The molecule has 3 atom stereocenters. The standard InChI is InChI=1S/C21H21F3N8/c1-12-10-31(13(2)19(29-12)14-7-27-28-8-14)18-5-6-25-20(30-18)16-9-26-17-4-3-15(11-32(16)17)21(22,23)24/h3-9,11-13,19,29H,10H2,1-2H3,(H,27,28). The third-order valence-corrected chi connectivity index (χ3v) is 5.78. The third-order valence-electron chi connectivity index (χ3n) is 5.78. The molecular formula is C21H21F3N8. The van der Waals surface area contributed by atoms with Gasteiger partial charge in [-0.2, -0.15) is 18.3 Å². The number of alkyl halides is 3. The Balaban J connectivity index is 1.52. The Hall–Kier alpha value is -3.47. The molecule has 0 spiro atoms. The predicted molar refractivity (Wildman–Crippen MR) is 112 cm³/mol. The van der Waals surface area contributed by atoms with Crippen molar-refractivity contribution in [3.8, 4) is 11.5 Å². The van der Waals surface area contributed by atoms with Gasteiger partial charge in [0.15, 0.2) is 5.82 Å². The number of H-pyrrole nitrogens is 1.